The molecule has 2 aromatic carbocycles. The molecule has 0 aliphatic heterocycles. The Morgan fingerprint density at radius 1 is 1.14 bits per heavy atom. The summed E-state index contributed by atoms with van der Waals surface area (Å²) in [5.74, 6) is 1.56. The number of hydrogen-bond donors (Lipinski definition) is 2. The van der Waals surface area contributed by atoms with Crippen LogP contribution >= 0.6 is 0 Å². The van der Waals surface area contributed by atoms with Gasteiger partial charge in [-0.05, 0) is 48.9 Å². The lowest BCUT2D eigenvalue weighted by molar-refractivity contribution is 0.271. The molecule has 110 valence electrons. The molecule has 3 nitrogen and oxygen atoms in total. The van der Waals surface area contributed by atoms with E-state index in [1.807, 2.05) is 44.2 Å². The van der Waals surface area contributed by atoms with Crippen molar-refractivity contribution >= 4 is 6.08 Å². The maximum absolute atomic E-state index is 9.43. The van der Waals surface area contributed by atoms with Crippen LogP contribution < -0.4 is 4.74 Å². The first-order chi connectivity index (χ1) is 10.1. The van der Waals surface area contributed by atoms with Gasteiger partial charge in [-0.25, -0.2) is 0 Å². The topological polar surface area (TPSA) is 49.7 Å². The highest BCUT2D eigenvalue weighted by atomic mass is 16.5. The van der Waals surface area contributed by atoms with Crippen molar-refractivity contribution in [1.29, 1.82) is 0 Å². The van der Waals surface area contributed by atoms with Crippen molar-refractivity contribution < 1.29 is 14.9 Å². The van der Waals surface area contributed by atoms with Gasteiger partial charge in [0.15, 0.2) is 0 Å². The molecule has 0 saturated carbocycles. The lowest BCUT2D eigenvalue weighted by atomic mass is 9.98. The van der Waals surface area contributed by atoms with Gasteiger partial charge in [-0.3, -0.25) is 0 Å². The number of benzene rings is 2. The maximum Gasteiger partial charge on any atom is 0.131 e. The SMILES string of the molecule is C/C=C/c1ccc(Oc2ccc(O)cc2)c([C@H](C)CO)c1. The Morgan fingerprint density at radius 3 is 2.48 bits per heavy atom. The molecule has 21 heavy (non-hydrogen) atoms. The highest BCUT2D eigenvalue weighted by Crippen LogP contribution is 2.32. The number of aliphatic hydroxyl groups excluding tert-OH is 1. The first-order valence-corrected chi connectivity index (χ1v) is 6.98. The van der Waals surface area contributed by atoms with Crippen LogP contribution in [0.5, 0.6) is 17.2 Å². The van der Waals surface area contributed by atoms with Crippen LogP contribution in [-0.4, -0.2) is 16.8 Å². The minimum atomic E-state index is -0.0117. The van der Waals surface area contributed by atoms with Gasteiger partial charge in [0.25, 0.3) is 0 Å². The Labute approximate surface area is 125 Å². The summed E-state index contributed by atoms with van der Waals surface area (Å²) in [5, 5.41) is 18.7. The van der Waals surface area contributed by atoms with Crippen LogP contribution in [0, 0.1) is 0 Å². The summed E-state index contributed by atoms with van der Waals surface area (Å²) < 4.78 is 5.87. The van der Waals surface area contributed by atoms with Gasteiger partial charge in [-0.1, -0.05) is 25.1 Å². The summed E-state index contributed by atoms with van der Waals surface area (Å²) in [6.45, 7) is 3.99. The maximum atomic E-state index is 9.43. The summed E-state index contributed by atoms with van der Waals surface area (Å²) in [6.07, 6.45) is 3.99. The molecule has 2 N–H and O–H groups in total. The van der Waals surface area contributed by atoms with E-state index < -0.39 is 0 Å². The predicted molar refractivity (Wildman–Crippen MR) is 84.8 cm³/mol. The smallest absolute Gasteiger partial charge is 0.131 e. The van der Waals surface area contributed by atoms with Crippen molar-refractivity contribution in [3.63, 3.8) is 0 Å². The number of aromatic hydroxyl groups is 1. The summed E-state index contributed by atoms with van der Waals surface area (Å²) >= 11 is 0. The van der Waals surface area contributed by atoms with Crippen molar-refractivity contribution in [1.82, 2.24) is 0 Å². The summed E-state index contributed by atoms with van der Waals surface area (Å²) in [4.78, 5) is 0. The van der Waals surface area contributed by atoms with E-state index in [4.69, 9.17) is 4.74 Å². The van der Waals surface area contributed by atoms with Crippen LogP contribution in [-0.2, 0) is 0 Å². The quantitative estimate of drug-likeness (QED) is 0.860. The number of phenolic OH excluding ortho intramolecular Hbond substituents is 1. The molecule has 0 aliphatic carbocycles. The zero-order valence-electron chi connectivity index (χ0n) is 12.3. The third kappa shape index (κ3) is 3.86. The molecular weight excluding hydrogens is 264 g/mol. The second kappa shape index (κ2) is 6.95. The number of phenols is 1. The van der Waals surface area contributed by atoms with Crippen LogP contribution in [0.2, 0.25) is 0 Å². The van der Waals surface area contributed by atoms with Crippen LogP contribution in [0.1, 0.15) is 30.9 Å². The minimum absolute atomic E-state index is 0.0117. The van der Waals surface area contributed by atoms with Crippen LogP contribution in [0.15, 0.2) is 48.5 Å². The molecule has 0 unspecified atom stereocenters. The van der Waals surface area contributed by atoms with Crippen LogP contribution in [0.3, 0.4) is 0 Å². The van der Waals surface area contributed by atoms with E-state index in [9.17, 15) is 10.2 Å². The van der Waals surface area contributed by atoms with E-state index in [1.165, 1.54) is 0 Å². The molecule has 0 aliphatic rings. The Kier molecular flexibility index (Phi) is 5.01. The zero-order valence-corrected chi connectivity index (χ0v) is 12.3. The van der Waals surface area contributed by atoms with Crippen molar-refractivity contribution in [2.75, 3.05) is 6.61 Å². The lowest BCUT2D eigenvalue weighted by Crippen LogP contribution is -2.02. The molecule has 0 saturated heterocycles. The van der Waals surface area contributed by atoms with Crippen LogP contribution in [0.4, 0.5) is 0 Å². The van der Waals surface area contributed by atoms with Gasteiger partial charge < -0.3 is 14.9 Å². The van der Waals surface area contributed by atoms with Crippen molar-refractivity contribution in [3.8, 4) is 17.2 Å². The molecule has 0 fully saturated rings. The first kappa shape index (κ1) is 15.1. The van der Waals surface area contributed by atoms with Gasteiger partial charge in [0.1, 0.15) is 17.2 Å². The monoisotopic (exact) mass is 284 g/mol. The van der Waals surface area contributed by atoms with E-state index in [0.29, 0.717) is 5.75 Å². The summed E-state index contributed by atoms with van der Waals surface area (Å²) in [7, 11) is 0. The fourth-order valence-electron chi connectivity index (χ4n) is 2.08. The standard InChI is InChI=1S/C18H20O3/c1-3-4-14-5-10-18(17(11-14)13(2)12-19)21-16-8-6-15(20)7-9-16/h3-11,13,19-20H,12H2,1-2H3/b4-3+/t13-/m1/s1. The third-order valence-electron chi connectivity index (χ3n) is 3.26. The summed E-state index contributed by atoms with van der Waals surface area (Å²) in [6, 6.07) is 12.5. The molecule has 0 bridgehead atoms. The molecule has 0 spiro atoms. The van der Waals surface area contributed by atoms with Crippen molar-refractivity contribution in [2.45, 2.75) is 19.8 Å². The Balaban J connectivity index is 2.35. The van der Waals surface area contributed by atoms with Gasteiger partial charge >= 0.3 is 0 Å². The Hall–Kier alpha value is -2.26. The molecule has 0 amide bonds. The molecule has 2 rings (SSSR count). The number of rotatable bonds is 5. The second-order valence-corrected chi connectivity index (χ2v) is 4.98. The van der Waals surface area contributed by atoms with Gasteiger partial charge in [-0.15, -0.1) is 0 Å². The highest BCUT2D eigenvalue weighted by molar-refractivity contribution is 5.54. The number of ether oxygens (including phenoxy) is 1. The molecule has 2 aromatic rings. The molecule has 0 heterocycles. The molecule has 0 radical (unpaired) electrons. The largest absolute Gasteiger partial charge is 0.508 e. The number of allylic oxidation sites excluding steroid dienone is 1. The second-order valence-electron chi connectivity index (χ2n) is 4.98. The van der Waals surface area contributed by atoms with E-state index >= 15 is 0 Å². The summed E-state index contributed by atoms with van der Waals surface area (Å²) in [5.41, 5.74) is 2.03. The van der Waals surface area contributed by atoms with E-state index in [-0.39, 0.29) is 18.3 Å². The van der Waals surface area contributed by atoms with E-state index in [2.05, 4.69) is 0 Å². The van der Waals surface area contributed by atoms with Gasteiger partial charge in [0.2, 0.25) is 0 Å². The highest BCUT2D eigenvalue weighted by Gasteiger charge is 2.12. The van der Waals surface area contributed by atoms with E-state index in [0.717, 1.165) is 16.9 Å². The third-order valence-corrected chi connectivity index (χ3v) is 3.26. The fourth-order valence-corrected chi connectivity index (χ4v) is 2.08. The normalized spacial score (nSPS) is 12.5. The molecule has 1 atom stereocenters. The lowest BCUT2D eigenvalue weighted by Gasteiger charge is -2.16. The first-order valence-electron chi connectivity index (χ1n) is 6.98. The van der Waals surface area contributed by atoms with Crippen LogP contribution in [0.25, 0.3) is 6.08 Å². The zero-order chi connectivity index (χ0) is 15.2. The van der Waals surface area contributed by atoms with Crippen molar-refractivity contribution in [2.24, 2.45) is 0 Å². The molecule has 3 heteroatoms. The van der Waals surface area contributed by atoms with Gasteiger partial charge in [0, 0.05) is 18.1 Å². The van der Waals surface area contributed by atoms with Crippen molar-refractivity contribution in [3.05, 3.63) is 59.7 Å². The van der Waals surface area contributed by atoms with Gasteiger partial charge in [0.05, 0.1) is 0 Å². The number of aliphatic hydroxyl groups is 1. The predicted octanol–water partition coefficient (Wildman–Crippen LogP) is 4.31. The molecule has 0 aromatic heterocycles. The van der Waals surface area contributed by atoms with Gasteiger partial charge in [-0.2, -0.15) is 0 Å². The molecular formula is C18H20O3. The average molecular weight is 284 g/mol. The Morgan fingerprint density at radius 2 is 1.86 bits per heavy atom. The van der Waals surface area contributed by atoms with E-state index in [1.54, 1.807) is 24.3 Å². The number of hydrogen-bond acceptors (Lipinski definition) is 3. The fraction of sp³-hybridized carbons (Fsp3) is 0.222. The minimum Gasteiger partial charge on any atom is -0.508 e. The Bertz CT molecular complexity index is 615. The average Bonchev–Trinajstić information content (AvgIpc) is 2.50.